The molecule has 0 radical (unpaired) electrons. The van der Waals surface area contributed by atoms with E-state index in [1.165, 1.54) is 45.6 Å². The van der Waals surface area contributed by atoms with Crippen LogP contribution in [0.5, 0.6) is 5.75 Å². The summed E-state index contributed by atoms with van der Waals surface area (Å²) in [6.07, 6.45) is 10.8. The summed E-state index contributed by atoms with van der Waals surface area (Å²) in [5.41, 5.74) is 2.02. The molecule has 472 valence electrons. The van der Waals surface area contributed by atoms with Crippen molar-refractivity contribution in [1.82, 2.24) is 16.0 Å². The molecule has 86 heavy (non-hydrogen) atoms. The van der Waals surface area contributed by atoms with E-state index >= 15 is 0 Å². The van der Waals surface area contributed by atoms with E-state index in [0.29, 0.717) is 23.5 Å². The molecule has 3 unspecified atom stereocenters. The maximum Gasteiger partial charge on any atom is 0.250 e. The third-order valence-electron chi connectivity index (χ3n) is 14.8. The smallest absolute Gasteiger partial charge is 0.250 e. The van der Waals surface area contributed by atoms with Crippen LogP contribution in [0, 0.1) is 18.8 Å². The van der Waals surface area contributed by atoms with Crippen LogP contribution in [0.4, 0.5) is 0 Å². The van der Waals surface area contributed by atoms with Crippen LogP contribution in [0.15, 0.2) is 133 Å². The quantitative estimate of drug-likeness (QED) is 0.0589. The van der Waals surface area contributed by atoms with Gasteiger partial charge in [0.25, 0.3) is 0 Å². The summed E-state index contributed by atoms with van der Waals surface area (Å²) in [5, 5.41) is 7.58. The van der Waals surface area contributed by atoms with Crippen molar-refractivity contribution >= 4 is 101 Å². The molecule has 3 amide bonds. The van der Waals surface area contributed by atoms with E-state index in [4.69, 9.17) is 46.0 Å². The number of carbonyl (C=O) groups excluding carboxylic acids is 9. The Kier molecular flexibility index (Phi) is 30.2. The fourth-order valence-corrected chi connectivity index (χ4v) is 10.4. The molecule has 0 saturated carbocycles. The average molecular weight is 1280 g/mol. The number of allylic oxidation sites excluding steroid dienone is 9. The number of fused-ring (bicyclic) bond motifs is 2. The van der Waals surface area contributed by atoms with E-state index < -0.39 is 42.9 Å². The van der Waals surface area contributed by atoms with Crippen LogP contribution in [0.3, 0.4) is 0 Å². The lowest BCUT2D eigenvalue weighted by Crippen LogP contribution is -2.49. The molecule has 6 rings (SSSR count). The van der Waals surface area contributed by atoms with Crippen LogP contribution in [-0.4, -0.2) is 103 Å². The predicted molar refractivity (Wildman–Crippen MR) is 348 cm³/mol. The normalized spacial score (nSPS) is 17.5. The highest BCUT2D eigenvalue weighted by Crippen LogP contribution is 2.43. The van der Waals surface area contributed by atoms with Gasteiger partial charge in [0, 0.05) is 75.7 Å². The van der Waals surface area contributed by atoms with E-state index in [1.54, 1.807) is 37.6 Å². The number of ether oxygens (including phenoxy) is 2. The summed E-state index contributed by atoms with van der Waals surface area (Å²) in [4.78, 5) is 105. The molecule has 0 bridgehead atoms. The molecule has 0 spiro atoms. The fraction of sp³-hybridized carbons (Fsp3) is 0.453. The number of carbonyl (C=O) groups is 9. The zero-order valence-corrected chi connectivity index (χ0v) is 58.6. The van der Waals surface area contributed by atoms with Crippen molar-refractivity contribution in [3.8, 4) is 5.75 Å². The summed E-state index contributed by atoms with van der Waals surface area (Å²) >= 11 is 9.53. The van der Waals surface area contributed by atoms with Gasteiger partial charge in [0.1, 0.15) is 5.75 Å². The molecular weight excluding hydrogens is 1190 g/mol. The molecular formula is C64H91Cl2N3O14Si3. The van der Waals surface area contributed by atoms with Gasteiger partial charge >= 0.3 is 0 Å². The summed E-state index contributed by atoms with van der Waals surface area (Å²) in [5.74, 6) is -2.04. The Bertz CT molecular complexity index is 3010. The Morgan fingerprint density at radius 2 is 1.15 bits per heavy atom. The molecule has 0 aliphatic heterocycles. The first kappa shape index (κ1) is 77.5. The minimum Gasteiger partial charge on any atom is -0.547 e. The SMILES string of the molecule is C=C(/C=C/OC)O[Si](C)(C)C(C)(C)C.CC(=O)NC1=CC(=O)C=CC1=O.CC(=O)NC1=CC(=O)c2cc(O[Si](C)(C)C(C)(C)C)ccc2C1=O.COC1C=C(O[Si](C)(C)C(C)(C)C)CC2C(=O)C=C(NC(C)=O)C(=O)C12.Cc1ccccc1.ClCCl. The van der Waals surface area contributed by atoms with Gasteiger partial charge in [-0.05, 0) is 97.7 Å². The van der Waals surface area contributed by atoms with Crippen LogP contribution in [0.25, 0.3) is 0 Å². The van der Waals surface area contributed by atoms with Crippen molar-refractivity contribution < 1.29 is 65.9 Å². The van der Waals surface area contributed by atoms with Crippen molar-refractivity contribution in [3.63, 3.8) is 0 Å². The second-order valence-electron chi connectivity index (χ2n) is 25.0. The van der Waals surface area contributed by atoms with Crippen molar-refractivity contribution in [3.05, 3.63) is 149 Å². The van der Waals surface area contributed by atoms with E-state index in [0.717, 1.165) is 24.0 Å². The standard InChI is InChI=1S/C19H29NO5Si.C18H23NO4Si.C11H22O2Si.C8H7NO3.C7H8.CH2Cl2/c1-11(21)20-14-10-15(22)13-8-12(25-26(6,7)19(2,3)4)9-16(24-5)17(13)18(14)23;1-11(20)19-15-10-16(21)14-9-12(7-8-13(14)17(15)22)23-24(5,6)18(2,3)4;1-10(8-9-12-5)13-14(6,7)11(2,3)4;1-5(10)9-7-4-6(11)2-3-8(7)12;1-7-5-3-2-4-6-7;2-1-3/h9-10,13,16-17H,8H2,1-7H3,(H,20,21);7-10H,1-6H3,(H,19,20);8-9H,1H2,2-7H3;2-4H,1H3,(H,9,10);2-6H,1H3;1H2/b;;9-8+;;;. The number of rotatable bonds is 12. The molecule has 2 aromatic rings. The average Bonchev–Trinajstić information content (AvgIpc) is 0.960. The zero-order chi connectivity index (χ0) is 66.5. The Balaban J connectivity index is 0.000000563. The van der Waals surface area contributed by atoms with Crippen molar-refractivity contribution in [2.75, 3.05) is 19.6 Å². The first-order valence-corrected chi connectivity index (χ1v) is 37.6. The Hall–Kier alpha value is -6.56. The Labute approximate surface area is 522 Å². The third-order valence-corrected chi connectivity index (χ3v) is 28.0. The second kappa shape index (κ2) is 33.5. The van der Waals surface area contributed by atoms with Crippen molar-refractivity contribution in [2.24, 2.45) is 11.8 Å². The predicted octanol–water partition coefficient (Wildman–Crippen LogP) is 13.0. The lowest BCUT2D eigenvalue weighted by Gasteiger charge is -2.42. The van der Waals surface area contributed by atoms with Gasteiger partial charge in [0.15, 0.2) is 23.1 Å². The Morgan fingerprint density at radius 3 is 1.62 bits per heavy atom. The van der Waals surface area contributed by atoms with Gasteiger partial charge in [0.05, 0.1) is 59.3 Å². The minimum absolute atomic E-state index is 0.0121. The fourth-order valence-electron chi connectivity index (χ4n) is 7.22. The maximum absolute atomic E-state index is 12.8. The zero-order valence-electron chi connectivity index (χ0n) is 54.1. The molecule has 2 aromatic carbocycles. The molecule has 0 heterocycles. The topological polar surface area (TPSA) is 236 Å². The number of alkyl halides is 2. The molecule has 0 fully saturated rings. The lowest BCUT2D eigenvalue weighted by molar-refractivity contribution is -0.135. The van der Waals surface area contributed by atoms with Crippen molar-refractivity contribution in [1.29, 1.82) is 0 Å². The monoisotopic (exact) mass is 1280 g/mol. The van der Waals surface area contributed by atoms with Gasteiger partial charge < -0.3 is 38.7 Å². The molecule has 4 aliphatic rings. The second-order valence-corrected chi connectivity index (χ2v) is 40.0. The Morgan fingerprint density at radius 1 is 0.651 bits per heavy atom. The van der Waals surface area contributed by atoms with Gasteiger partial charge in [-0.2, -0.15) is 0 Å². The molecule has 3 N–H and O–H groups in total. The molecule has 22 heteroatoms. The highest BCUT2D eigenvalue weighted by atomic mass is 35.5. The third kappa shape index (κ3) is 24.7. The largest absolute Gasteiger partial charge is 0.547 e. The van der Waals surface area contributed by atoms with Crippen LogP contribution in [0.2, 0.25) is 54.4 Å². The number of aryl methyl sites for hydroxylation is 1. The number of amides is 3. The molecule has 4 aliphatic carbocycles. The van der Waals surface area contributed by atoms with Gasteiger partial charge in [-0.15, -0.1) is 23.2 Å². The minimum atomic E-state index is -2.06. The van der Waals surface area contributed by atoms with Gasteiger partial charge in [0.2, 0.25) is 54.2 Å². The number of benzene rings is 2. The van der Waals surface area contributed by atoms with Crippen LogP contribution < -0.4 is 20.4 Å². The molecule has 17 nitrogen and oxygen atoms in total. The number of hydrogen-bond acceptors (Lipinski definition) is 14. The van der Waals surface area contributed by atoms with Crippen LogP contribution >= 0.6 is 23.2 Å². The summed E-state index contributed by atoms with van der Waals surface area (Å²) in [7, 11) is -2.69. The van der Waals surface area contributed by atoms with Crippen LogP contribution in [0.1, 0.15) is 116 Å². The molecule has 0 saturated heterocycles. The van der Waals surface area contributed by atoms with Gasteiger partial charge in [-0.25, -0.2) is 0 Å². The number of halogens is 2. The van der Waals surface area contributed by atoms with E-state index in [1.807, 2.05) is 24.3 Å². The highest BCUT2D eigenvalue weighted by molar-refractivity contribution is 6.75. The molecule has 0 aromatic heterocycles. The maximum atomic E-state index is 12.8. The highest BCUT2D eigenvalue weighted by Gasteiger charge is 2.48. The molecule has 3 atom stereocenters. The summed E-state index contributed by atoms with van der Waals surface area (Å²) in [6.45, 7) is 42.2. The van der Waals surface area contributed by atoms with Gasteiger partial charge in [-0.3, -0.25) is 43.2 Å². The number of ketones is 6. The first-order valence-electron chi connectivity index (χ1n) is 27.8. The van der Waals surface area contributed by atoms with E-state index in [9.17, 15) is 43.2 Å². The van der Waals surface area contributed by atoms with Gasteiger partial charge in [-0.1, -0.05) is 105 Å². The number of nitrogens with one attached hydrogen (secondary N) is 3. The van der Waals surface area contributed by atoms with E-state index in [2.05, 4.69) is 143 Å². The van der Waals surface area contributed by atoms with Crippen LogP contribution in [-0.2, 0) is 51.9 Å². The van der Waals surface area contributed by atoms with E-state index in [-0.39, 0.29) is 95.5 Å². The number of methoxy groups -OCH3 is 2. The van der Waals surface area contributed by atoms with Crippen molar-refractivity contribution in [2.45, 2.75) is 157 Å². The number of hydrogen-bond donors (Lipinski definition) is 3. The number of Topliss-reactive ketones (excluding diaryl/α,β-unsaturated/α-hetero) is 2. The lowest BCUT2D eigenvalue weighted by atomic mass is 9.71. The first-order chi connectivity index (χ1) is 39.4. The summed E-state index contributed by atoms with van der Waals surface area (Å²) < 4.78 is 28.8. The summed E-state index contributed by atoms with van der Waals surface area (Å²) in [6, 6.07) is 15.2.